The molecule has 134 valence electrons. The van der Waals surface area contributed by atoms with Crippen molar-refractivity contribution in [1.82, 2.24) is 4.90 Å². The van der Waals surface area contributed by atoms with Crippen molar-refractivity contribution >= 4 is 0 Å². The van der Waals surface area contributed by atoms with E-state index in [1.807, 2.05) is 24.3 Å². The van der Waals surface area contributed by atoms with Gasteiger partial charge in [-0.3, -0.25) is 4.90 Å². The molecule has 26 heavy (non-hydrogen) atoms. The van der Waals surface area contributed by atoms with Crippen LogP contribution in [0.5, 0.6) is 0 Å². The molecule has 2 aromatic rings. The topological polar surface area (TPSA) is 47.3 Å². The van der Waals surface area contributed by atoms with Gasteiger partial charge >= 0.3 is 0 Å². The molecule has 4 rings (SSSR count). The molecule has 0 radical (unpaired) electrons. The van der Waals surface area contributed by atoms with Gasteiger partial charge in [0.25, 0.3) is 0 Å². The first-order chi connectivity index (χ1) is 12.8. The lowest BCUT2D eigenvalue weighted by Crippen LogP contribution is -2.33. The van der Waals surface area contributed by atoms with Crippen LogP contribution in [0.1, 0.15) is 42.7 Å². The van der Waals surface area contributed by atoms with Crippen molar-refractivity contribution in [1.29, 1.82) is 5.26 Å². The molecule has 1 aliphatic carbocycles. The molecule has 2 aromatic carbocycles. The van der Waals surface area contributed by atoms with Crippen molar-refractivity contribution in [2.75, 3.05) is 19.7 Å². The standard InChI is InChI=1S/C23H26N2O/c24-15-17-3-5-18(6-4-17)19-7-9-20(10-8-19)23-14-21(23)11-13-25-12-1-2-22(25)16-26/h3-10,21-23,26H,1-2,11-14,16H2/t21-,22-,23+/m0/s1. The molecule has 3 heteroatoms. The number of hydrogen-bond acceptors (Lipinski definition) is 3. The van der Waals surface area contributed by atoms with Crippen LogP contribution in [0.25, 0.3) is 11.1 Å². The van der Waals surface area contributed by atoms with E-state index in [0.717, 1.165) is 31.0 Å². The van der Waals surface area contributed by atoms with E-state index in [9.17, 15) is 5.11 Å². The highest BCUT2D eigenvalue weighted by atomic mass is 16.3. The predicted octanol–water partition coefficient (Wildman–Crippen LogP) is 4.18. The zero-order valence-electron chi connectivity index (χ0n) is 15.1. The second-order valence-corrected chi connectivity index (χ2v) is 7.72. The quantitative estimate of drug-likeness (QED) is 0.854. The molecule has 1 N–H and O–H groups in total. The van der Waals surface area contributed by atoms with E-state index in [1.165, 1.54) is 30.4 Å². The van der Waals surface area contributed by atoms with E-state index in [0.29, 0.717) is 24.1 Å². The summed E-state index contributed by atoms with van der Waals surface area (Å²) in [6.07, 6.45) is 4.93. The van der Waals surface area contributed by atoms with Gasteiger partial charge < -0.3 is 5.11 Å². The smallest absolute Gasteiger partial charge is 0.0991 e. The predicted molar refractivity (Wildman–Crippen MR) is 104 cm³/mol. The van der Waals surface area contributed by atoms with Crippen LogP contribution in [0.2, 0.25) is 0 Å². The van der Waals surface area contributed by atoms with Gasteiger partial charge in [-0.1, -0.05) is 36.4 Å². The third-order valence-electron chi connectivity index (χ3n) is 6.11. The second kappa shape index (κ2) is 7.61. The molecule has 0 aromatic heterocycles. The van der Waals surface area contributed by atoms with Crippen molar-refractivity contribution in [3.8, 4) is 17.2 Å². The summed E-state index contributed by atoms with van der Waals surface area (Å²) in [5.74, 6) is 1.51. The molecular formula is C23H26N2O. The second-order valence-electron chi connectivity index (χ2n) is 7.72. The molecule has 2 aliphatic rings. The molecular weight excluding hydrogens is 320 g/mol. The lowest BCUT2D eigenvalue weighted by molar-refractivity contribution is 0.156. The first-order valence-corrected chi connectivity index (χ1v) is 9.74. The van der Waals surface area contributed by atoms with Gasteiger partial charge in [-0.05, 0) is 79.4 Å². The Labute approximate surface area is 155 Å². The molecule has 1 saturated heterocycles. The highest BCUT2D eigenvalue weighted by Crippen LogP contribution is 2.50. The fraction of sp³-hybridized carbons (Fsp3) is 0.435. The Morgan fingerprint density at radius 2 is 1.73 bits per heavy atom. The van der Waals surface area contributed by atoms with Gasteiger partial charge in [-0.25, -0.2) is 0 Å². The summed E-state index contributed by atoms with van der Waals surface area (Å²) in [4.78, 5) is 2.48. The van der Waals surface area contributed by atoms with E-state index < -0.39 is 0 Å². The number of likely N-dealkylation sites (tertiary alicyclic amines) is 1. The number of hydrogen-bond donors (Lipinski definition) is 1. The van der Waals surface area contributed by atoms with Gasteiger partial charge in [0.2, 0.25) is 0 Å². The number of aliphatic hydroxyl groups excluding tert-OH is 1. The monoisotopic (exact) mass is 346 g/mol. The number of rotatable bonds is 6. The molecule has 3 nitrogen and oxygen atoms in total. The molecule has 1 heterocycles. The normalized spacial score (nSPS) is 25.2. The molecule has 3 atom stereocenters. The van der Waals surface area contributed by atoms with Crippen LogP contribution >= 0.6 is 0 Å². The summed E-state index contributed by atoms with van der Waals surface area (Å²) in [5, 5.41) is 18.3. The molecule has 1 saturated carbocycles. The fourth-order valence-electron chi connectivity index (χ4n) is 4.36. The fourth-order valence-corrected chi connectivity index (χ4v) is 4.36. The zero-order valence-corrected chi connectivity index (χ0v) is 15.1. The molecule has 0 amide bonds. The van der Waals surface area contributed by atoms with Gasteiger partial charge in [0.05, 0.1) is 18.2 Å². The average Bonchev–Trinajstić information content (AvgIpc) is 3.34. The van der Waals surface area contributed by atoms with Gasteiger partial charge in [0.1, 0.15) is 0 Å². The largest absolute Gasteiger partial charge is 0.395 e. The Kier molecular flexibility index (Phi) is 5.06. The highest BCUT2D eigenvalue weighted by Gasteiger charge is 2.38. The molecule has 1 aliphatic heterocycles. The van der Waals surface area contributed by atoms with E-state index in [2.05, 4.69) is 35.2 Å². The SMILES string of the molecule is N#Cc1ccc(-c2ccc([C@H]3C[C@@H]3CCN3CCC[C@H]3CO)cc2)cc1. The summed E-state index contributed by atoms with van der Waals surface area (Å²) < 4.78 is 0. The third-order valence-corrected chi connectivity index (χ3v) is 6.11. The van der Waals surface area contributed by atoms with Crippen molar-refractivity contribution < 1.29 is 5.11 Å². The Hall–Kier alpha value is -2.15. The van der Waals surface area contributed by atoms with E-state index in [4.69, 9.17) is 5.26 Å². The van der Waals surface area contributed by atoms with Crippen LogP contribution in [0, 0.1) is 17.2 Å². The van der Waals surface area contributed by atoms with Crippen LogP contribution < -0.4 is 0 Å². The summed E-state index contributed by atoms with van der Waals surface area (Å²) in [6, 6.07) is 19.3. The Bertz CT molecular complexity index is 775. The minimum Gasteiger partial charge on any atom is -0.395 e. The molecule has 0 unspecified atom stereocenters. The van der Waals surface area contributed by atoms with Crippen molar-refractivity contribution in [2.45, 2.75) is 37.6 Å². The molecule has 0 bridgehead atoms. The van der Waals surface area contributed by atoms with Crippen LogP contribution in [0.15, 0.2) is 48.5 Å². The Morgan fingerprint density at radius 3 is 2.38 bits per heavy atom. The van der Waals surface area contributed by atoms with E-state index in [1.54, 1.807) is 0 Å². The van der Waals surface area contributed by atoms with Crippen LogP contribution in [-0.4, -0.2) is 35.7 Å². The maximum atomic E-state index is 9.44. The first-order valence-electron chi connectivity index (χ1n) is 9.74. The minimum atomic E-state index is 0.310. The number of aliphatic hydroxyl groups is 1. The van der Waals surface area contributed by atoms with Gasteiger partial charge in [0.15, 0.2) is 0 Å². The van der Waals surface area contributed by atoms with Gasteiger partial charge in [-0.15, -0.1) is 0 Å². The summed E-state index contributed by atoms with van der Waals surface area (Å²) >= 11 is 0. The maximum Gasteiger partial charge on any atom is 0.0991 e. The summed E-state index contributed by atoms with van der Waals surface area (Å²) in [5.41, 5.74) is 4.52. The van der Waals surface area contributed by atoms with Gasteiger partial charge in [0, 0.05) is 6.04 Å². The van der Waals surface area contributed by atoms with Crippen molar-refractivity contribution in [2.24, 2.45) is 5.92 Å². The first kappa shape index (κ1) is 17.3. The third kappa shape index (κ3) is 3.67. The Balaban J connectivity index is 1.32. The van der Waals surface area contributed by atoms with Gasteiger partial charge in [-0.2, -0.15) is 5.26 Å². The number of nitrogens with zero attached hydrogens (tertiary/aromatic N) is 2. The number of nitriles is 1. The summed E-state index contributed by atoms with van der Waals surface area (Å²) in [6.45, 7) is 2.60. The molecule has 0 spiro atoms. The minimum absolute atomic E-state index is 0.310. The lowest BCUT2D eigenvalue weighted by Gasteiger charge is -2.22. The Morgan fingerprint density at radius 1 is 1.04 bits per heavy atom. The van der Waals surface area contributed by atoms with Crippen molar-refractivity contribution in [3.63, 3.8) is 0 Å². The lowest BCUT2D eigenvalue weighted by atomic mass is 10.0. The summed E-state index contributed by atoms with van der Waals surface area (Å²) in [7, 11) is 0. The van der Waals surface area contributed by atoms with Crippen LogP contribution in [0.4, 0.5) is 0 Å². The van der Waals surface area contributed by atoms with E-state index in [-0.39, 0.29) is 0 Å². The zero-order chi connectivity index (χ0) is 17.9. The maximum absolute atomic E-state index is 9.44. The van der Waals surface area contributed by atoms with Crippen LogP contribution in [-0.2, 0) is 0 Å². The van der Waals surface area contributed by atoms with Crippen LogP contribution in [0.3, 0.4) is 0 Å². The number of benzene rings is 2. The van der Waals surface area contributed by atoms with E-state index >= 15 is 0 Å². The molecule has 2 fully saturated rings. The van der Waals surface area contributed by atoms with Crippen molar-refractivity contribution in [3.05, 3.63) is 59.7 Å². The highest BCUT2D eigenvalue weighted by molar-refractivity contribution is 5.64. The average molecular weight is 346 g/mol.